The third-order valence-corrected chi connectivity index (χ3v) is 5.76. The van der Waals surface area contributed by atoms with Crippen molar-refractivity contribution in [2.75, 3.05) is 44.2 Å². The number of hydrogen-bond acceptors (Lipinski definition) is 5. The molecule has 2 heterocycles. The normalized spacial score (nSPS) is 14.7. The molecule has 0 aliphatic carbocycles. The van der Waals surface area contributed by atoms with Crippen LogP contribution < -0.4 is 21.3 Å². The van der Waals surface area contributed by atoms with Crippen molar-refractivity contribution in [2.24, 2.45) is 0 Å². The van der Waals surface area contributed by atoms with Crippen LogP contribution in [0, 0.1) is 0 Å². The molecule has 162 valence electrons. The highest BCUT2D eigenvalue weighted by atomic mass is 16.2. The molecular weight excluding hydrogens is 394 g/mol. The summed E-state index contributed by atoms with van der Waals surface area (Å²) in [4.78, 5) is 43.7. The monoisotopic (exact) mass is 421 g/mol. The summed E-state index contributed by atoms with van der Waals surface area (Å²) < 4.78 is 1.41. The molecule has 8 heteroatoms. The Morgan fingerprint density at radius 1 is 1.03 bits per heavy atom. The zero-order chi connectivity index (χ0) is 21.8. The number of nitrogens with one attached hydrogen (secondary N) is 2. The molecule has 8 nitrogen and oxygen atoms in total. The summed E-state index contributed by atoms with van der Waals surface area (Å²) in [5.74, 6) is -0.195. The van der Waals surface area contributed by atoms with Crippen LogP contribution in [0.3, 0.4) is 0 Å². The van der Waals surface area contributed by atoms with E-state index in [9.17, 15) is 14.4 Å². The molecule has 0 atom stereocenters. The maximum absolute atomic E-state index is 12.6. The lowest BCUT2D eigenvalue weighted by molar-refractivity contribution is 0.0948. The molecule has 31 heavy (non-hydrogen) atoms. The molecular formula is C23H27N5O3. The molecule has 0 bridgehead atoms. The predicted octanol–water partition coefficient (Wildman–Crippen LogP) is 1.26. The van der Waals surface area contributed by atoms with Crippen LogP contribution in [0.15, 0.2) is 58.1 Å². The first-order chi connectivity index (χ1) is 15.1. The first-order valence-corrected chi connectivity index (χ1v) is 10.6. The van der Waals surface area contributed by atoms with Crippen LogP contribution >= 0.6 is 0 Å². The Morgan fingerprint density at radius 3 is 2.48 bits per heavy atom. The van der Waals surface area contributed by atoms with Crippen molar-refractivity contribution in [2.45, 2.75) is 13.5 Å². The second-order valence-electron chi connectivity index (χ2n) is 7.66. The SMILES string of the molecule is CCn1c(=O)c(=O)[nH]c2cc(C(=O)NCCN3CCN(c4ccccc4)CC3)ccc21. The van der Waals surface area contributed by atoms with Gasteiger partial charge in [0, 0.05) is 57.1 Å². The van der Waals surface area contributed by atoms with Gasteiger partial charge in [0.25, 0.3) is 5.91 Å². The number of hydrogen-bond donors (Lipinski definition) is 2. The van der Waals surface area contributed by atoms with Crippen molar-refractivity contribution in [3.05, 3.63) is 74.8 Å². The van der Waals surface area contributed by atoms with Gasteiger partial charge in [0.2, 0.25) is 0 Å². The molecule has 0 radical (unpaired) electrons. The minimum absolute atomic E-state index is 0.195. The highest BCUT2D eigenvalue weighted by molar-refractivity contribution is 5.97. The van der Waals surface area contributed by atoms with Crippen LogP contribution in [0.25, 0.3) is 11.0 Å². The van der Waals surface area contributed by atoms with Crippen molar-refractivity contribution in [1.82, 2.24) is 19.8 Å². The minimum Gasteiger partial charge on any atom is -0.369 e. The number of carbonyl (C=O) groups excluding carboxylic acids is 1. The van der Waals surface area contributed by atoms with Crippen molar-refractivity contribution < 1.29 is 4.79 Å². The summed E-state index contributed by atoms with van der Waals surface area (Å²) in [7, 11) is 0. The number of aromatic nitrogens is 2. The smallest absolute Gasteiger partial charge is 0.316 e. The molecule has 1 aliphatic heterocycles. The summed E-state index contributed by atoms with van der Waals surface area (Å²) in [6.07, 6.45) is 0. The van der Waals surface area contributed by atoms with Gasteiger partial charge in [-0.3, -0.25) is 19.3 Å². The fourth-order valence-electron chi connectivity index (χ4n) is 4.03. The van der Waals surface area contributed by atoms with E-state index in [0.717, 1.165) is 32.7 Å². The lowest BCUT2D eigenvalue weighted by atomic mass is 10.1. The van der Waals surface area contributed by atoms with E-state index in [1.165, 1.54) is 10.3 Å². The van der Waals surface area contributed by atoms with Gasteiger partial charge in [-0.2, -0.15) is 0 Å². The van der Waals surface area contributed by atoms with Crippen molar-refractivity contribution in [3.63, 3.8) is 0 Å². The Balaban J connectivity index is 1.32. The number of aryl methyl sites for hydroxylation is 1. The van der Waals surface area contributed by atoms with Crippen LogP contribution in [-0.2, 0) is 6.54 Å². The number of carbonyl (C=O) groups is 1. The van der Waals surface area contributed by atoms with E-state index in [1.807, 2.05) is 6.07 Å². The standard InChI is InChI=1S/C23H27N5O3/c1-2-28-20-9-8-17(16-19(20)25-22(30)23(28)31)21(29)24-10-11-26-12-14-27(15-13-26)18-6-4-3-5-7-18/h3-9,16H,2,10-15H2,1H3,(H,24,29)(H,25,30). The van der Waals surface area contributed by atoms with Crippen molar-refractivity contribution in [1.29, 1.82) is 0 Å². The number of nitrogens with zero attached hydrogens (tertiary/aromatic N) is 3. The van der Waals surface area contributed by atoms with E-state index in [2.05, 4.69) is 44.4 Å². The highest BCUT2D eigenvalue weighted by Gasteiger charge is 2.17. The summed E-state index contributed by atoms with van der Waals surface area (Å²) >= 11 is 0. The highest BCUT2D eigenvalue weighted by Crippen LogP contribution is 2.15. The maximum Gasteiger partial charge on any atom is 0.316 e. The molecule has 4 rings (SSSR count). The third-order valence-electron chi connectivity index (χ3n) is 5.76. The molecule has 0 spiro atoms. The maximum atomic E-state index is 12.6. The van der Waals surface area contributed by atoms with Gasteiger partial charge < -0.3 is 19.8 Å². The van der Waals surface area contributed by atoms with Crippen LogP contribution in [0.5, 0.6) is 0 Å². The second-order valence-corrected chi connectivity index (χ2v) is 7.66. The topological polar surface area (TPSA) is 90.4 Å². The van der Waals surface area contributed by atoms with Crippen LogP contribution in [0.2, 0.25) is 0 Å². The lowest BCUT2D eigenvalue weighted by Crippen LogP contribution is -2.48. The average Bonchev–Trinajstić information content (AvgIpc) is 2.80. The van der Waals surface area contributed by atoms with Crippen LogP contribution in [0.4, 0.5) is 5.69 Å². The van der Waals surface area contributed by atoms with Gasteiger partial charge >= 0.3 is 11.1 Å². The van der Waals surface area contributed by atoms with Crippen molar-refractivity contribution >= 4 is 22.6 Å². The molecule has 0 saturated carbocycles. The van der Waals surface area contributed by atoms with Crippen molar-refractivity contribution in [3.8, 4) is 0 Å². The molecule has 1 fully saturated rings. The molecule has 1 aromatic heterocycles. The number of anilines is 1. The fraction of sp³-hybridized carbons (Fsp3) is 0.348. The van der Waals surface area contributed by atoms with Crippen LogP contribution in [0.1, 0.15) is 17.3 Å². The summed E-state index contributed by atoms with van der Waals surface area (Å²) in [5, 5.41) is 2.95. The van der Waals surface area contributed by atoms with Gasteiger partial charge in [-0.15, -0.1) is 0 Å². The number of rotatable bonds is 6. The first kappa shape index (κ1) is 20.9. The summed E-state index contributed by atoms with van der Waals surface area (Å²) in [5.41, 5.74) is 1.54. The Hall–Kier alpha value is -3.39. The molecule has 2 aromatic carbocycles. The number of piperazine rings is 1. The quantitative estimate of drug-likeness (QED) is 0.585. The number of para-hydroxylation sites is 1. The Kier molecular flexibility index (Phi) is 6.18. The van der Waals surface area contributed by atoms with Gasteiger partial charge in [-0.05, 0) is 37.3 Å². The van der Waals surface area contributed by atoms with E-state index >= 15 is 0 Å². The van der Waals surface area contributed by atoms with E-state index < -0.39 is 11.1 Å². The predicted molar refractivity (Wildman–Crippen MR) is 122 cm³/mol. The molecule has 1 aliphatic rings. The van der Waals surface area contributed by atoms with E-state index in [-0.39, 0.29) is 5.91 Å². The largest absolute Gasteiger partial charge is 0.369 e. The van der Waals surface area contributed by atoms with Gasteiger partial charge in [0.15, 0.2) is 0 Å². The Bertz CT molecular complexity index is 1180. The number of aromatic amines is 1. The fourth-order valence-corrected chi connectivity index (χ4v) is 4.03. The Labute approximate surface area is 180 Å². The average molecular weight is 422 g/mol. The van der Waals surface area contributed by atoms with Crippen LogP contribution in [-0.4, -0.2) is 59.6 Å². The summed E-state index contributed by atoms with van der Waals surface area (Å²) in [6, 6.07) is 15.4. The molecule has 2 N–H and O–H groups in total. The van der Waals surface area contributed by atoms with E-state index in [1.54, 1.807) is 25.1 Å². The van der Waals surface area contributed by atoms with Gasteiger partial charge in [0.05, 0.1) is 11.0 Å². The number of benzene rings is 2. The molecule has 3 aromatic rings. The zero-order valence-corrected chi connectivity index (χ0v) is 17.6. The Morgan fingerprint density at radius 2 is 1.77 bits per heavy atom. The van der Waals surface area contributed by atoms with Gasteiger partial charge in [-0.25, -0.2) is 0 Å². The first-order valence-electron chi connectivity index (χ1n) is 10.6. The third kappa shape index (κ3) is 4.54. The van der Waals surface area contributed by atoms with Gasteiger partial charge in [0.1, 0.15) is 0 Å². The van der Waals surface area contributed by atoms with E-state index in [4.69, 9.17) is 0 Å². The molecule has 1 saturated heterocycles. The lowest BCUT2D eigenvalue weighted by Gasteiger charge is -2.36. The molecule has 0 unspecified atom stereocenters. The molecule has 1 amide bonds. The van der Waals surface area contributed by atoms with E-state index in [0.29, 0.717) is 29.7 Å². The number of amides is 1. The summed E-state index contributed by atoms with van der Waals surface area (Å²) in [6.45, 7) is 7.38. The number of H-pyrrole nitrogens is 1. The van der Waals surface area contributed by atoms with Gasteiger partial charge in [-0.1, -0.05) is 18.2 Å². The number of fused-ring (bicyclic) bond motifs is 1. The second kappa shape index (κ2) is 9.18. The minimum atomic E-state index is -0.679. The zero-order valence-electron chi connectivity index (χ0n) is 17.6.